The maximum atomic E-state index is 7.34. The van der Waals surface area contributed by atoms with Gasteiger partial charge in [0.05, 0.1) is 5.69 Å². The van der Waals surface area contributed by atoms with Crippen LogP contribution in [0, 0.1) is 12.3 Å². The summed E-state index contributed by atoms with van der Waals surface area (Å²) in [6.07, 6.45) is 5.70. The summed E-state index contributed by atoms with van der Waals surface area (Å²) in [7, 11) is 0. The number of rotatable bonds is 4. The van der Waals surface area contributed by atoms with E-state index in [1.807, 2.05) is 0 Å². The third-order valence-electron chi connectivity index (χ3n) is 15.5. The maximum Gasteiger partial charge on any atom is 0.256 e. The van der Waals surface area contributed by atoms with Crippen molar-refractivity contribution in [2.45, 2.75) is 81.8 Å². The number of aryl methyl sites for hydroxylation is 1. The van der Waals surface area contributed by atoms with Crippen molar-refractivity contribution in [1.29, 1.82) is 0 Å². The zero-order chi connectivity index (χ0) is 41.7. The van der Waals surface area contributed by atoms with Gasteiger partial charge in [0, 0.05) is 49.6 Å². The van der Waals surface area contributed by atoms with Gasteiger partial charge in [-0.25, -0.2) is 0 Å². The van der Waals surface area contributed by atoms with E-state index in [1.165, 1.54) is 113 Å². The summed E-state index contributed by atoms with van der Waals surface area (Å²) < 4.78 is 7.52. The second-order valence-corrected chi connectivity index (χ2v) is 21.5. The Bertz CT molecular complexity index is 3130. The third-order valence-corrected chi connectivity index (χ3v) is 17.1. The van der Waals surface area contributed by atoms with E-state index in [1.54, 1.807) is 0 Å². The highest BCUT2D eigenvalue weighted by Gasteiger charge is 2.57. The molecule has 302 valence electrons. The van der Waals surface area contributed by atoms with Crippen molar-refractivity contribution in [2.24, 2.45) is 5.41 Å². The Hall–Kier alpha value is -5.91. The van der Waals surface area contributed by atoms with Gasteiger partial charge in [0.15, 0.2) is 5.88 Å². The Kier molecular flexibility index (Phi) is 7.60. The van der Waals surface area contributed by atoms with Gasteiger partial charge in [0.2, 0.25) is 0 Å². The van der Waals surface area contributed by atoms with Crippen LogP contribution >= 0.6 is 11.8 Å². The molecule has 5 aliphatic rings. The Morgan fingerprint density at radius 3 is 2.02 bits per heavy atom. The van der Waals surface area contributed by atoms with Gasteiger partial charge < -0.3 is 9.32 Å². The van der Waals surface area contributed by atoms with Crippen LogP contribution in [0.15, 0.2) is 155 Å². The van der Waals surface area contributed by atoms with E-state index >= 15 is 0 Å². The predicted octanol–water partition coefficient (Wildman–Crippen LogP) is 13.6. The Morgan fingerprint density at radius 1 is 0.597 bits per heavy atom. The minimum atomic E-state index is 0.0207. The van der Waals surface area contributed by atoms with Crippen molar-refractivity contribution in [3.05, 3.63) is 168 Å². The quantitative estimate of drug-likeness (QED) is 0.165. The van der Waals surface area contributed by atoms with Crippen molar-refractivity contribution in [3.63, 3.8) is 0 Å². The standard InChI is InChI=1S/C57H49BN2OS/c1-35-26-48-53-49(27-35)60(46-23-14-21-38-20-12-13-22-42(38)46)54-52(43-33-55(2,3)34-50(43)61-54)58(53)45-32-51-44(56(4)24-15-25-57(56,5)62-51)31-47(45)59(48)41-29-39(36-16-8-6-9-17-36)28-40(30-41)37-18-10-7-11-19-37/h6-14,16-23,26-32H,15,24-25,33-34H2,1-5H3. The molecule has 0 bridgehead atoms. The summed E-state index contributed by atoms with van der Waals surface area (Å²) in [5.74, 6) is 2.16. The summed E-state index contributed by atoms with van der Waals surface area (Å²) in [5, 5.41) is 2.46. The van der Waals surface area contributed by atoms with Gasteiger partial charge in [-0.15, -0.1) is 11.8 Å². The SMILES string of the molecule is Cc1cc2c3c(c1)N(c1cccc4ccccc14)c1oc4c(c1B3c1cc3c(cc1N2c1cc(-c2ccccc2)cc(-c2ccccc2)c1)C1(C)CCCC1(C)S3)CC(C)(C)C4. The van der Waals surface area contributed by atoms with Gasteiger partial charge in [-0.05, 0) is 142 Å². The van der Waals surface area contributed by atoms with Crippen molar-refractivity contribution >= 4 is 80.0 Å². The van der Waals surface area contributed by atoms with E-state index in [0.717, 1.165) is 30.2 Å². The first-order chi connectivity index (χ1) is 30.1. The fraction of sp³-hybridized carbons (Fsp3) is 0.228. The second kappa shape index (κ2) is 12.8. The van der Waals surface area contributed by atoms with Gasteiger partial charge in [0.25, 0.3) is 6.71 Å². The van der Waals surface area contributed by atoms with Crippen molar-refractivity contribution in [2.75, 3.05) is 9.80 Å². The number of hydrogen-bond donors (Lipinski definition) is 0. The molecule has 2 unspecified atom stereocenters. The van der Waals surface area contributed by atoms with Crippen molar-refractivity contribution in [1.82, 2.24) is 0 Å². The van der Waals surface area contributed by atoms with Crippen LogP contribution in [0.25, 0.3) is 33.0 Å². The lowest BCUT2D eigenvalue weighted by atomic mass is 9.33. The van der Waals surface area contributed by atoms with Crippen LogP contribution in [-0.4, -0.2) is 11.5 Å². The number of benzene rings is 7. The molecule has 0 saturated heterocycles. The summed E-state index contributed by atoms with van der Waals surface area (Å²) in [4.78, 5) is 6.62. The lowest BCUT2D eigenvalue weighted by molar-refractivity contribution is 0.367. The summed E-state index contributed by atoms with van der Waals surface area (Å²) in [6, 6.07) is 54.9. The molecule has 3 nitrogen and oxygen atoms in total. The molecule has 0 N–H and O–H groups in total. The molecule has 5 heteroatoms. The molecular weight excluding hydrogens is 772 g/mol. The molecular formula is C57H49BN2OS. The normalized spacial score (nSPS) is 21.1. The van der Waals surface area contributed by atoms with Crippen LogP contribution in [0.2, 0.25) is 0 Å². The van der Waals surface area contributed by atoms with Crippen LogP contribution in [0.3, 0.4) is 0 Å². The Balaban J connectivity index is 1.15. The highest BCUT2D eigenvalue weighted by Crippen LogP contribution is 2.65. The molecule has 1 saturated carbocycles. The highest BCUT2D eigenvalue weighted by molar-refractivity contribution is 8.01. The number of furan rings is 1. The van der Waals surface area contributed by atoms with Crippen LogP contribution < -0.4 is 26.2 Å². The smallest absolute Gasteiger partial charge is 0.256 e. The Morgan fingerprint density at radius 2 is 1.27 bits per heavy atom. The summed E-state index contributed by atoms with van der Waals surface area (Å²) in [6.45, 7) is 12.2. The molecule has 0 radical (unpaired) electrons. The predicted molar refractivity (Wildman–Crippen MR) is 262 cm³/mol. The molecule has 13 rings (SSSR count). The summed E-state index contributed by atoms with van der Waals surface area (Å²) in [5.41, 5.74) is 19.5. The maximum absolute atomic E-state index is 7.34. The zero-order valence-corrected chi connectivity index (χ0v) is 37.0. The molecule has 7 aromatic carbocycles. The largest absolute Gasteiger partial charge is 0.445 e. The molecule has 3 aliphatic heterocycles. The molecule has 1 fully saturated rings. The first kappa shape index (κ1) is 36.7. The van der Waals surface area contributed by atoms with Gasteiger partial charge in [0.1, 0.15) is 5.76 Å². The lowest BCUT2D eigenvalue weighted by Gasteiger charge is -2.44. The molecule has 62 heavy (non-hydrogen) atoms. The van der Waals surface area contributed by atoms with Gasteiger partial charge >= 0.3 is 0 Å². The van der Waals surface area contributed by atoms with Crippen LogP contribution in [-0.2, 0) is 18.3 Å². The number of thioether (sulfide) groups is 1. The minimum Gasteiger partial charge on any atom is -0.445 e. The van der Waals surface area contributed by atoms with Crippen molar-refractivity contribution < 1.29 is 4.42 Å². The zero-order valence-electron chi connectivity index (χ0n) is 36.2. The number of anilines is 6. The Labute approximate surface area is 369 Å². The van der Waals surface area contributed by atoms with E-state index in [9.17, 15) is 0 Å². The number of hydrogen-bond acceptors (Lipinski definition) is 4. The fourth-order valence-electron chi connectivity index (χ4n) is 12.3. The van der Waals surface area contributed by atoms with Gasteiger partial charge in [-0.3, -0.25) is 4.90 Å². The monoisotopic (exact) mass is 820 g/mol. The molecule has 0 spiro atoms. The first-order valence-electron chi connectivity index (χ1n) is 22.6. The molecule has 1 aromatic heterocycles. The average molecular weight is 821 g/mol. The van der Waals surface area contributed by atoms with E-state index in [4.69, 9.17) is 4.42 Å². The number of nitrogens with zero attached hydrogens (tertiary/aromatic N) is 2. The molecule has 0 amide bonds. The van der Waals surface area contributed by atoms with E-state index < -0.39 is 0 Å². The minimum absolute atomic E-state index is 0.0207. The van der Waals surface area contributed by atoms with Gasteiger partial charge in [-0.1, -0.05) is 130 Å². The summed E-state index contributed by atoms with van der Waals surface area (Å²) >= 11 is 2.15. The first-order valence-corrected chi connectivity index (χ1v) is 23.4. The fourth-order valence-corrected chi connectivity index (χ4v) is 14.1. The lowest BCUT2D eigenvalue weighted by Crippen LogP contribution is -2.62. The molecule has 2 aliphatic carbocycles. The van der Waals surface area contributed by atoms with Crippen LogP contribution in [0.4, 0.5) is 34.3 Å². The van der Waals surface area contributed by atoms with Crippen LogP contribution in [0.1, 0.15) is 69.4 Å². The molecule has 4 heterocycles. The highest BCUT2D eigenvalue weighted by atomic mass is 32.2. The molecule has 2 atom stereocenters. The van der Waals surface area contributed by atoms with E-state index in [2.05, 4.69) is 202 Å². The topological polar surface area (TPSA) is 19.6 Å². The van der Waals surface area contributed by atoms with E-state index in [-0.39, 0.29) is 22.3 Å². The molecule has 8 aromatic rings. The third kappa shape index (κ3) is 5.09. The average Bonchev–Trinajstić information content (AvgIpc) is 3.94. The second-order valence-electron chi connectivity index (χ2n) is 20.0. The van der Waals surface area contributed by atoms with Gasteiger partial charge in [-0.2, -0.15) is 0 Å². The van der Waals surface area contributed by atoms with Crippen molar-refractivity contribution in [3.8, 4) is 22.3 Å². The number of fused-ring (bicyclic) bond motifs is 10. The van der Waals surface area contributed by atoms with E-state index in [0.29, 0.717) is 0 Å². The van der Waals surface area contributed by atoms with Crippen LogP contribution in [0.5, 0.6) is 0 Å².